The Balaban J connectivity index is 2.64. The van der Waals surface area contributed by atoms with Crippen molar-refractivity contribution in [2.45, 2.75) is 25.4 Å². The molecule has 1 rings (SSSR count). The van der Waals surface area contributed by atoms with Gasteiger partial charge in [0.15, 0.2) is 0 Å². The summed E-state index contributed by atoms with van der Waals surface area (Å²) in [6.07, 6.45) is -5.30. The lowest BCUT2D eigenvalue weighted by Gasteiger charge is -2.27. The van der Waals surface area contributed by atoms with Crippen LogP contribution < -0.4 is 4.74 Å². The number of benzene rings is 1. The molecule has 0 spiro atoms. The second-order valence-corrected chi connectivity index (χ2v) is 4.84. The first-order valence-electron chi connectivity index (χ1n) is 6.46. The fraction of sp³-hybridized carbons (Fsp3) is 0.571. The largest absolute Gasteiger partial charge is 0.573 e. The second kappa shape index (κ2) is 7.63. The SMILES string of the molecule is COCC(O)CN(C)C(C)c1ccc(OC(F)(F)F)cc1. The summed E-state index contributed by atoms with van der Waals surface area (Å²) in [6, 6.07) is 5.64. The van der Waals surface area contributed by atoms with Crippen molar-refractivity contribution in [1.82, 2.24) is 4.90 Å². The fourth-order valence-corrected chi connectivity index (χ4v) is 1.94. The van der Waals surface area contributed by atoms with Crippen molar-refractivity contribution >= 4 is 0 Å². The molecule has 0 radical (unpaired) electrons. The number of aliphatic hydroxyl groups is 1. The van der Waals surface area contributed by atoms with Crippen molar-refractivity contribution in [3.8, 4) is 5.75 Å². The van der Waals surface area contributed by atoms with E-state index in [1.54, 1.807) is 12.1 Å². The molecule has 1 N–H and O–H groups in total. The van der Waals surface area contributed by atoms with Gasteiger partial charge in [0.2, 0.25) is 0 Å². The molecular weight excluding hydrogens is 287 g/mol. The molecule has 4 nitrogen and oxygen atoms in total. The highest BCUT2D eigenvalue weighted by Crippen LogP contribution is 2.25. The van der Waals surface area contributed by atoms with Gasteiger partial charge < -0.3 is 14.6 Å². The van der Waals surface area contributed by atoms with Gasteiger partial charge in [-0.15, -0.1) is 13.2 Å². The van der Waals surface area contributed by atoms with E-state index in [0.717, 1.165) is 5.56 Å². The third-order valence-electron chi connectivity index (χ3n) is 3.12. The number of ether oxygens (including phenoxy) is 2. The summed E-state index contributed by atoms with van der Waals surface area (Å²) in [6.45, 7) is 2.53. The summed E-state index contributed by atoms with van der Waals surface area (Å²) in [5.41, 5.74) is 0.830. The number of nitrogens with zero attached hydrogens (tertiary/aromatic N) is 1. The highest BCUT2D eigenvalue weighted by molar-refractivity contribution is 5.29. The maximum Gasteiger partial charge on any atom is 0.573 e. The van der Waals surface area contributed by atoms with Gasteiger partial charge in [-0.05, 0) is 31.7 Å². The van der Waals surface area contributed by atoms with Gasteiger partial charge in [-0.25, -0.2) is 0 Å². The van der Waals surface area contributed by atoms with Gasteiger partial charge in [0.1, 0.15) is 5.75 Å². The number of hydrogen-bond donors (Lipinski definition) is 1. The molecule has 21 heavy (non-hydrogen) atoms. The second-order valence-electron chi connectivity index (χ2n) is 4.84. The van der Waals surface area contributed by atoms with Crippen LogP contribution in [-0.4, -0.2) is 49.8 Å². The van der Waals surface area contributed by atoms with E-state index in [9.17, 15) is 18.3 Å². The highest BCUT2D eigenvalue weighted by atomic mass is 19.4. The summed E-state index contributed by atoms with van der Waals surface area (Å²) in [7, 11) is 3.33. The van der Waals surface area contributed by atoms with Crippen LogP contribution in [0.4, 0.5) is 13.2 Å². The van der Waals surface area contributed by atoms with E-state index in [1.807, 2.05) is 18.9 Å². The van der Waals surface area contributed by atoms with E-state index in [4.69, 9.17) is 4.74 Å². The van der Waals surface area contributed by atoms with Crippen molar-refractivity contribution in [2.24, 2.45) is 0 Å². The van der Waals surface area contributed by atoms with Crippen molar-refractivity contribution in [3.63, 3.8) is 0 Å². The monoisotopic (exact) mass is 307 g/mol. The van der Waals surface area contributed by atoms with Crippen molar-refractivity contribution in [2.75, 3.05) is 27.3 Å². The molecule has 7 heteroatoms. The molecule has 120 valence electrons. The summed E-state index contributed by atoms with van der Waals surface area (Å²) >= 11 is 0. The Hall–Kier alpha value is -1.31. The maximum atomic E-state index is 12.1. The molecule has 2 unspecified atom stereocenters. The van der Waals surface area contributed by atoms with Gasteiger partial charge in [0.25, 0.3) is 0 Å². The van der Waals surface area contributed by atoms with Crippen LogP contribution in [0.5, 0.6) is 5.75 Å². The van der Waals surface area contributed by atoms with E-state index in [-0.39, 0.29) is 18.4 Å². The lowest BCUT2D eigenvalue weighted by atomic mass is 10.1. The van der Waals surface area contributed by atoms with Crippen LogP contribution in [0.3, 0.4) is 0 Å². The molecule has 0 aliphatic carbocycles. The number of likely N-dealkylation sites (N-methyl/N-ethyl adjacent to an activating group) is 1. The Morgan fingerprint density at radius 3 is 2.29 bits per heavy atom. The molecule has 0 fully saturated rings. The number of alkyl halides is 3. The number of methoxy groups -OCH3 is 1. The lowest BCUT2D eigenvalue weighted by molar-refractivity contribution is -0.274. The number of halogens is 3. The van der Waals surface area contributed by atoms with Crippen LogP contribution in [0, 0.1) is 0 Å². The van der Waals surface area contributed by atoms with Crippen LogP contribution >= 0.6 is 0 Å². The average molecular weight is 307 g/mol. The van der Waals surface area contributed by atoms with Crippen molar-refractivity contribution < 1.29 is 27.8 Å². The Labute approximate surface area is 122 Å². The zero-order valence-corrected chi connectivity index (χ0v) is 12.2. The lowest BCUT2D eigenvalue weighted by Crippen LogP contribution is -2.33. The van der Waals surface area contributed by atoms with E-state index in [0.29, 0.717) is 6.54 Å². The Morgan fingerprint density at radius 1 is 1.24 bits per heavy atom. The molecule has 0 heterocycles. The average Bonchev–Trinajstić information content (AvgIpc) is 2.37. The Kier molecular flexibility index (Phi) is 6.44. The molecule has 0 aliphatic rings. The molecule has 2 atom stereocenters. The third kappa shape index (κ3) is 6.33. The van der Waals surface area contributed by atoms with Crippen LogP contribution in [-0.2, 0) is 4.74 Å². The first kappa shape index (κ1) is 17.7. The Morgan fingerprint density at radius 2 is 1.81 bits per heavy atom. The fourth-order valence-electron chi connectivity index (χ4n) is 1.94. The van der Waals surface area contributed by atoms with Crippen LogP contribution in [0.2, 0.25) is 0 Å². The normalized spacial score (nSPS) is 15.0. The molecule has 0 aromatic heterocycles. The summed E-state index contributed by atoms with van der Waals surface area (Å²) in [4.78, 5) is 1.89. The first-order valence-corrected chi connectivity index (χ1v) is 6.46. The quantitative estimate of drug-likeness (QED) is 0.841. The maximum absolute atomic E-state index is 12.1. The molecule has 0 aliphatic heterocycles. The molecule has 0 saturated carbocycles. The predicted molar refractivity (Wildman–Crippen MR) is 72.1 cm³/mol. The molecule has 0 amide bonds. The van der Waals surface area contributed by atoms with Crippen molar-refractivity contribution in [1.29, 1.82) is 0 Å². The van der Waals surface area contributed by atoms with Gasteiger partial charge in [0, 0.05) is 19.7 Å². The molecule has 1 aromatic carbocycles. The van der Waals surface area contributed by atoms with E-state index < -0.39 is 12.5 Å². The molecular formula is C14H20F3NO3. The minimum absolute atomic E-state index is 0.0588. The number of rotatable bonds is 7. The zero-order valence-electron chi connectivity index (χ0n) is 12.2. The first-order chi connectivity index (χ1) is 9.73. The van der Waals surface area contributed by atoms with Gasteiger partial charge in [-0.2, -0.15) is 0 Å². The highest BCUT2D eigenvalue weighted by Gasteiger charge is 2.31. The number of hydrogen-bond acceptors (Lipinski definition) is 4. The minimum atomic E-state index is -4.69. The summed E-state index contributed by atoms with van der Waals surface area (Å²) in [5.74, 6) is -0.250. The van der Waals surface area contributed by atoms with Crippen LogP contribution in [0.25, 0.3) is 0 Å². The summed E-state index contributed by atoms with van der Waals surface area (Å²) in [5, 5.41) is 9.68. The van der Waals surface area contributed by atoms with Crippen LogP contribution in [0.15, 0.2) is 24.3 Å². The van der Waals surface area contributed by atoms with Gasteiger partial charge in [-0.1, -0.05) is 12.1 Å². The predicted octanol–water partition coefficient (Wildman–Crippen LogP) is 2.59. The smallest absolute Gasteiger partial charge is 0.406 e. The van der Waals surface area contributed by atoms with Gasteiger partial charge in [-0.3, -0.25) is 4.90 Å². The third-order valence-corrected chi connectivity index (χ3v) is 3.12. The van der Waals surface area contributed by atoms with Crippen molar-refractivity contribution in [3.05, 3.63) is 29.8 Å². The topological polar surface area (TPSA) is 41.9 Å². The van der Waals surface area contributed by atoms with Crippen LogP contribution in [0.1, 0.15) is 18.5 Å². The van der Waals surface area contributed by atoms with E-state index in [1.165, 1.54) is 19.2 Å². The molecule has 0 bridgehead atoms. The van der Waals surface area contributed by atoms with E-state index >= 15 is 0 Å². The Bertz CT molecular complexity index is 422. The standard InChI is InChI=1S/C14H20F3NO3/c1-10(18(2)8-12(19)9-20-3)11-4-6-13(7-5-11)21-14(15,16)17/h4-7,10,12,19H,8-9H2,1-3H3. The van der Waals surface area contributed by atoms with Gasteiger partial charge >= 0.3 is 6.36 Å². The minimum Gasteiger partial charge on any atom is -0.406 e. The van der Waals surface area contributed by atoms with E-state index in [2.05, 4.69) is 4.74 Å². The van der Waals surface area contributed by atoms with Gasteiger partial charge in [0.05, 0.1) is 12.7 Å². The number of aliphatic hydroxyl groups excluding tert-OH is 1. The zero-order chi connectivity index (χ0) is 16.0. The summed E-state index contributed by atoms with van der Waals surface area (Å²) < 4.78 is 44.9. The molecule has 0 saturated heterocycles. The molecule has 1 aromatic rings.